The lowest BCUT2D eigenvalue weighted by molar-refractivity contribution is -0.142. The molecule has 0 bridgehead atoms. The van der Waals surface area contributed by atoms with Crippen LogP contribution in [-0.2, 0) is 6.18 Å². The molecule has 1 saturated heterocycles. The monoisotopic (exact) mass is 372 g/mol. The second kappa shape index (κ2) is 6.59. The zero-order chi connectivity index (χ0) is 19.0. The normalized spacial score (nSPS) is 17.2. The van der Waals surface area contributed by atoms with Crippen LogP contribution in [0.3, 0.4) is 0 Å². The number of aromatic nitrogens is 2. The number of alkyl halides is 3. The molecule has 27 heavy (non-hydrogen) atoms. The number of nitrogens with one attached hydrogen (secondary N) is 2. The highest BCUT2D eigenvalue weighted by Crippen LogP contribution is 2.38. The Kier molecular flexibility index (Phi) is 4.24. The molecule has 1 unspecified atom stereocenters. The second-order valence-electron chi connectivity index (χ2n) is 6.32. The zero-order valence-electron chi connectivity index (χ0n) is 14.1. The van der Waals surface area contributed by atoms with E-state index in [-0.39, 0.29) is 17.5 Å². The summed E-state index contributed by atoms with van der Waals surface area (Å²) < 4.78 is 46.2. The number of hydrogen-bond donors (Lipinski definition) is 2. The van der Waals surface area contributed by atoms with Gasteiger partial charge in [0.1, 0.15) is 12.2 Å². The number of halogens is 3. The molecule has 0 saturated carbocycles. The summed E-state index contributed by atoms with van der Waals surface area (Å²) in [4.78, 5) is 6.82. The molecule has 0 radical (unpaired) electrons. The highest BCUT2D eigenvalue weighted by molar-refractivity contribution is 5.97. The molecule has 138 valence electrons. The first-order valence-electron chi connectivity index (χ1n) is 8.43. The summed E-state index contributed by atoms with van der Waals surface area (Å²) in [5.74, 6) is -0.266. The number of ether oxygens (including phenoxy) is 1. The highest BCUT2D eigenvalue weighted by atomic mass is 19.4. The van der Waals surface area contributed by atoms with E-state index >= 15 is 0 Å². The van der Waals surface area contributed by atoms with Crippen LogP contribution in [0.5, 0.6) is 5.75 Å². The maximum absolute atomic E-state index is 13.6. The van der Waals surface area contributed by atoms with Gasteiger partial charge in [-0.05, 0) is 31.2 Å². The van der Waals surface area contributed by atoms with Gasteiger partial charge in [-0.1, -0.05) is 12.1 Å². The van der Waals surface area contributed by atoms with Crippen molar-refractivity contribution < 1.29 is 17.9 Å². The molecule has 5 nitrogen and oxygen atoms in total. The molecular weight excluding hydrogens is 357 g/mol. The van der Waals surface area contributed by atoms with E-state index in [1.54, 1.807) is 24.4 Å². The number of aromatic amines is 1. The zero-order valence-corrected chi connectivity index (χ0v) is 14.1. The minimum atomic E-state index is -4.64. The Balaban J connectivity index is 1.79. The largest absolute Gasteiger partial charge is 0.487 e. The van der Waals surface area contributed by atoms with Crippen LogP contribution in [0.25, 0.3) is 22.2 Å². The summed E-state index contributed by atoms with van der Waals surface area (Å²) in [5.41, 5.74) is 0.617. The minimum Gasteiger partial charge on any atom is -0.487 e. The smallest absolute Gasteiger partial charge is 0.437 e. The van der Waals surface area contributed by atoms with Gasteiger partial charge in [0.2, 0.25) is 0 Å². The average molecular weight is 372 g/mol. The van der Waals surface area contributed by atoms with Crippen LogP contribution in [-0.4, -0.2) is 29.2 Å². The average Bonchev–Trinajstić information content (AvgIpc) is 3.30. The lowest BCUT2D eigenvalue weighted by Gasteiger charge is -2.17. The van der Waals surface area contributed by atoms with Crippen molar-refractivity contribution in [1.29, 1.82) is 5.26 Å². The molecule has 0 aliphatic carbocycles. The van der Waals surface area contributed by atoms with Crippen LogP contribution in [0.2, 0.25) is 0 Å². The van der Waals surface area contributed by atoms with Crippen LogP contribution in [0.4, 0.5) is 13.2 Å². The molecular formula is C19H15F3N4O. The number of pyridine rings is 1. The highest BCUT2D eigenvalue weighted by Gasteiger charge is 2.38. The molecule has 0 amide bonds. The van der Waals surface area contributed by atoms with Crippen LogP contribution in [0.1, 0.15) is 17.7 Å². The van der Waals surface area contributed by atoms with Gasteiger partial charge in [-0.25, -0.2) is 4.98 Å². The number of hydrogen-bond acceptors (Lipinski definition) is 4. The van der Waals surface area contributed by atoms with Crippen molar-refractivity contribution in [2.45, 2.75) is 18.7 Å². The van der Waals surface area contributed by atoms with Crippen LogP contribution in [0.15, 0.2) is 36.5 Å². The fourth-order valence-corrected chi connectivity index (χ4v) is 3.26. The van der Waals surface area contributed by atoms with Gasteiger partial charge in [0.25, 0.3) is 0 Å². The summed E-state index contributed by atoms with van der Waals surface area (Å²) in [6, 6.07) is 9.96. The molecule has 1 aliphatic heterocycles. The number of nitrogens with zero attached hydrogens (tertiary/aromatic N) is 2. The molecule has 1 aliphatic rings. The van der Waals surface area contributed by atoms with E-state index in [4.69, 9.17) is 4.74 Å². The van der Waals surface area contributed by atoms with E-state index in [9.17, 15) is 18.4 Å². The summed E-state index contributed by atoms with van der Waals surface area (Å²) in [5, 5.41) is 12.9. The Morgan fingerprint density at radius 3 is 2.78 bits per heavy atom. The molecule has 1 fully saturated rings. The van der Waals surface area contributed by atoms with Gasteiger partial charge in [0.05, 0.1) is 16.8 Å². The minimum absolute atomic E-state index is 0.167. The fraction of sp³-hybridized carbons (Fsp3) is 0.263. The van der Waals surface area contributed by atoms with E-state index in [0.717, 1.165) is 0 Å². The van der Waals surface area contributed by atoms with Gasteiger partial charge in [0.15, 0.2) is 11.4 Å². The first-order chi connectivity index (χ1) is 13.0. The van der Waals surface area contributed by atoms with Crippen molar-refractivity contribution in [3.05, 3.63) is 47.8 Å². The Morgan fingerprint density at radius 2 is 2.07 bits per heavy atom. The summed E-state index contributed by atoms with van der Waals surface area (Å²) in [6.07, 6.45) is -2.72. The lowest BCUT2D eigenvalue weighted by Crippen LogP contribution is -2.22. The third-order valence-electron chi connectivity index (χ3n) is 4.55. The van der Waals surface area contributed by atoms with Gasteiger partial charge < -0.3 is 15.0 Å². The Labute approximate surface area is 152 Å². The first kappa shape index (κ1) is 17.4. The third-order valence-corrected chi connectivity index (χ3v) is 4.55. The molecule has 2 N–H and O–H groups in total. The number of nitriles is 1. The molecule has 1 aromatic carbocycles. The summed E-state index contributed by atoms with van der Waals surface area (Å²) in [6.45, 7) is 1.23. The fourth-order valence-electron chi connectivity index (χ4n) is 3.26. The van der Waals surface area contributed by atoms with E-state index in [0.29, 0.717) is 41.5 Å². The Bertz CT molecular complexity index is 1030. The van der Waals surface area contributed by atoms with Crippen molar-refractivity contribution in [3.63, 3.8) is 0 Å². The van der Waals surface area contributed by atoms with E-state index < -0.39 is 11.9 Å². The topological polar surface area (TPSA) is 73.7 Å². The van der Waals surface area contributed by atoms with Gasteiger partial charge in [-0.2, -0.15) is 18.4 Å². The van der Waals surface area contributed by atoms with Crippen molar-refractivity contribution in [1.82, 2.24) is 15.3 Å². The quantitative estimate of drug-likeness (QED) is 0.732. The summed E-state index contributed by atoms with van der Waals surface area (Å²) >= 11 is 0. The number of benzene rings is 1. The summed E-state index contributed by atoms with van der Waals surface area (Å²) in [7, 11) is 0. The SMILES string of the molecule is N#Cc1cccc2c(-c3ccc(OC4CCNC4)c(C(F)(F)F)n3)c[nH]c12. The van der Waals surface area contributed by atoms with Crippen molar-refractivity contribution in [3.8, 4) is 23.1 Å². The molecule has 3 aromatic rings. The molecule has 1 atom stereocenters. The van der Waals surface area contributed by atoms with Crippen molar-refractivity contribution >= 4 is 10.9 Å². The standard InChI is InChI=1S/C19H15F3N4O/c20-19(21,22)18-16(27-12-6-7-24-9-12)5-4-15(26-18)14-10-25-17-11(8-23)2-1-3-13(14)17/h1-5,10,12,24-25H,6-7,9H2. The Morgan fingerprint density at radius 1 is 1.22 bits per heavy atom. The van der Waals surface area contributed by atoms with E-state index in [1.807, 2.05) is 0 Å². The van der Waals surface area contributed by atoms with E-state index in [1.165, 1.54) is 12.1 Å². The number of rotatable bonds is 3. The number of fused-ring (bicyclic) bond motifs is 1. The number of para-hydroxylation sites is 1. The maximum atomic E-state index is 13.6. The van der Waals surface area contributed by atoms with Crippen LogP contribution in [0, 0.1) is 11.3 Å². The van der Waals surface area contributed by atoms with Gasteiger partial charge >= 0.3 is 6.18 Å². The van der Waals surface area contributed by atoms with Crippen LogP contribution >= 0.6 is 0 Å². The van der Waals surface area contributed by atoms with Gasteiger partial charge in [-0.15, -0.1) is 0 Å². The molecule has 8 heteroatoms. The molecule has 4 rings (SSSR count). The van der Waals surface area contributed by atoms with Gasteiger partial charge in [-0.3, -0.25) is 0 Å². The molecule has 3 heterocycles. The van der Waals surface area contributed by atoms with E-state index in [2.05, 4.69) is 21.4 Å². The number of H-pyrrole nitrogens is 1. The predicted molar refractivity (Wildman–Crippen MR) is 93.1 cm³/mol. The van der Waals surface area contributed by atoms with Crippen LogP contribution < -0.4 is 10.1 Å². The van der Waals surface area contributed by atoms with Crippen molar-refractivity contribution in [2.24, 2.45) is 0 Å². The molecule has 0 spiro atoms. The first-order valence-corrected chi connectivity index (χ1v) is 8.43. The Hall–Kier alpha value is -3.05. The maximum Gasteiger partial charge on any atom is 0.437 e. The second-order valence-corrected chi connectivity index (χ2v) is 6.32. The van der Waals surface area contributed by atoms with Crippen molar-refractivity contribution in [2.75, 3.05) is 13.1 Å². The van der Waals surface area contributed by atoms with Gasteiger partial charge in [0, 0.05) is 23.7 Å². The predicted octanol–water partition coefficient (Wildman–Crippen LogP) is 3.86. The third kappa shape index (κ3) is 3.22. The molecule has 2 aromatic heterocycles. The lowest BCUT2D eigenvalue weighted by atomic mass is 10.1.